The van der Waals surface area contributed by atoms with Gasteiger partial charge in [0.15, 0.2) is 0 Å². The number of carbonyl (C=O) groups excluding carboxylic acids is 1. The first-order valence-corrected chi connectivity index (χ1v) is 9.55. The summed E-state index contributed by atoms with van der Waals surface area (Å²) >= 11 is 0. The van der Waals surface area contributed by atoms with Gasteiger partial charge in [0.2, 0.25) is 0 Å². The summed E-state index contributed by atoms with van der Waals surface area (Å²) in [5.41, 5.74) is 4.93. The maximum atomic E-state index is 13.4. The lowest BCUT2D eigenvalue weighted by atomic mass is 9.99. The van der Waals surface area contributed by atoms with Crippen LogP contribution >= 0.6 is 0 Å². The molecule has 0 spiro atoms. The number of benzene rings is 2. The number of carbonyl (C=O) groups is 1. The molecule has 1 atom stereocenters. The van der Waals surface area contributed by atoms with E-state index in [2.05, 4.69) is 15.2 Å². The number of rotatable bonds is 5. The van der Waals surface area contributed by atoms with E-state index >= 15 is 0 Å². The van der Waals surface area contributed by atoms with E-state index in [4.69, 9.17) is 10.6 Å². The smallest absolute Gasteiger partial charge is 0.265 e. The summed E-state index contributed by atoms with van der Waals surface area (Å²) in [7, 11) is 0. The fourth-order valence-electron chi connectivity index (χ4n) is 3.88. The first kappa shape index (κ1) is 19.0. The monoisotopic (exact) mass is 384 g/mol. The third kappa shape index (κ3) is 4.07. The van der Waals surface area contributed by atoms with Crippen LogP contribution in [0.1, 0.15) is 27.5 Å². The predicted molar refractivity (Wildman–Crippen MR) is 104 cm³/mol. The van der Waals surface area contributed by atoms with Crippen LogP contribution in [0.3, 0.4) is 0 Å². The topological polar surface area (TPSA) is 70.8 Å². The lowest BCUT2D eigenvalue weighted by molar-refractivity contribution is -0.0877. The number of piperazine rings is 1. The Balaban J connectivity index is 1.51. The SMILES string of the molecule is NNC(=O)c1ccc(CN2CCN(C3COC3)CC2c2ccc(F)cc2)cc1. The molecule has 2 fully saturated rings. The van der Waals surface area contributed by atoms with Crippen molar-refractivity contribution in [3.05, 3.63) is 71.0 Å². The van der Waals surface area contributed by atoms with E-state index in [9.17, 15) is 9.18 Å². The van der Waals surface area contributed by atoms with Gasteiger partial charge in [-0.1, -0.05) is 24.3 Å². The molecule has 4 rings (SSSR count). The highest BCUT2D eigenvalue weighted by Crippen LogP contribution is 2.29. The largest absolute Gasteiger partial charge is 0.378 e. The molecule has 7 heteroatoms. The molecule has 0 bridgehead atoms. The molecule has 2 aliphatic heterocycles. The third-order valence-corrected chi connectivity index (χ3v) is 5.65. The van der Waals surface area contributed by atoms with Gasteiger partial charge in [0.05, 0.1) is 19.3 Å². The molecule has 1 amide bonds. The second-order valence-corrected chi connectivity index (χ2v) is 7.39. The molecular formula is C21H25FN4O2. The van der Waals surface area contributed by atoms with Crippen LogP contribution in [0.2, 0.25) is 0 Å². The normalized spacial score (nSPS) is 21.3. The fraction of sp³-hybridized carbons (Fsp3) is 0.381. The Morgan fingerprint density at radius 1 is 1.11 bits per heavy atom. The Labute approximate surface area is 164 Å². The van der Waals surface area contributed by atoms with Gasteiger partial charge in [0.25, 0.3) is 5.91 Å². The number of nitrogen functional groups attached to an aromatic ring is 1. The van der Waals surface area contributed by atoms with E-state index in [0.29, 0.717) is 11.6 Å². The number of nitrogens with two attached hydrogens (primary N) is 1. The number of halogens is 1. The fourth-order valence-corrected chi connectivity index (χ4v) is 3.88. The van der Waals surface area contributed by atoms with Crippen LogP contribution in [0.25, 0.3) is 0 Å². The van der Waals surface area contributed by atoms with Crippen molar-refractivity contribution in [1.82, 2.24) is 15.2 Å². The Bertz CT molecular complexity index is 808. The molecule has 0 aromatic heterocycles. The lowest BCUT2D eigenvalue weighted by Crippen LogP contribution is -2.57. The second-order valence-electron chi connectivity index (χ2n) is 7.39. The van der Waals surface area contributed by atoms with Gasteiger partial charge < -0.3 is 4.74 Å². The van der Waals surface area contributed by atoms with E-state index in [1.54, 1.807) is 12.1 Å². The van der Waals surface area contributed by atoms with Gasteiger partial charge in [-0.25, -0.2) is 10.2 Å². The summed E-state index contributed by atoms with van der Waals surface area (Å²) in [4.78, 5) is 16.5. The zero-order valence-electron chi connectivity index (χ0n) is 15.7. The Hall–Kier alpha value is -2.32. The molecule has 3 N–H and O–H groups in total. The van der Waals surface area contributed by atoms with Crippen LogP contribution in [0, 0.1) is 5.82 Å². The standard InChI is InChI=1S/C21H25FN4O2/c22-18-7-5-16(6-8-18)20-12-25(19-13-28-14-19)9-10-26(20)11-15-1-3-17(4-2-15)21(27)24-23/h1-8,19-20H,9-14,23H2,(H,24,27). The van der Waals surface area contributed by atoms with Crippen molar-refractivity contribution in [2.75, 3.05) is 32.8 Å². The first-order chi connectivity index (χ1) is 13.6. The van der Waals surface area contributed by atoms with Crippen molar-refractivity contribution in [3.8, 4) is 0 Å². The Morgan fingerprint density at radius 2 is 1.82 bits per heavy atom. The van der Waals surface area contributed by atoms with Crippen molar-refractivity contribution in [3.63, 3.8) is 0 Å². The van der Waals surface area contributed by atoms with Gasteiger partial charge in [-0.15, -0.1) is 0 Å². The van der Waals surface area contributed by atoms with Crippen molar-refractivity contribution in [2.45, 2.75) is 18.6 Å². The molecule has 2 heterocycles. The number of nitrogens with one attached hydrogen (secondary N) is 1. The van der Waals surface area contributed by atoms with E-state index in [-0.39, 0.29) is 17.8 Å². The van der Waals surface area contributed by atoms with Gasteiger partial charge in [-0.05, 0) is 35.4 Å². The summed E-state index contributed by atoms with van der Waals surface area (Å²) in [6.07, 6.45) is 0. The van der Waals surface area contributed by atoms with Crippen molar-refractivity contribution in [2.24, 2.45) is 5.84 Å². The number of amides is 1. The van der Waals surface area contributed by atoms with Gasteiger partial charge in [-0.2, -0.15) is 0 Å². The summed E-state index contributed by atoms with van der Waals surface area (Å²) in [6, 6.07) is 15.0. The minimum atomic E-state index is -0.299. The average molecular weight is 384 g/mol. The number of nitrogens with zero attached hydrogens (tertiary/aromatic N) is 2. The zero-order chi connectivity index (χ0) is 19.5. The maximum Gasteiger partial charge on any atom is 0.265 e. The number of ether oxygens (including phenoxy) is 1. The molecular weight excluding hydrogens is 359 g/mol. The van der Waals surface area contributed by atoms with E-state index in [0.717, 1.165) is 50.5 Å². The molecule has 0 aliphatic carbocycles. The van der Waals surface area contributed by atoms with E-state index in [1.807, 2.05) is 24.3 Å². The zero-order valence-corrected chi connectivity index (χ0v) is 15.7. The molecule has 6 nitrogen and oxygen atoms in total. The maximum absolute atomic E-state index is 13.4. The Kier molecular flexibility index (Phi) is 5.68. The lowest BCUT2D eigenvalue weighted by Gasteiger charge is -2.47. The highest BCUT2D eigenvalue weighted by atomic mass is 19.1. The van der Waals surface area contributed by atoms with Gasteiger partial charge >= 0.3 is 0 Å². The number of hydrazine groups is 1. The molecule has 1 unspecified atom stereocenters. The van der Waals surface area contributed by atoms with Crippen molar-refractivity contribution >= 4 is 5.91 Å². The summed E-state index contributed by atoms with van der Waals surface area (Å²) in [6.45, 7) is 5.15. The highest BCUT2D eigenvalue weighted by molar-refractivity contribution is 5.93. The molecule has 2 saturated heterocycles. The molecule has 148 valence electrons. The number of hydrogen-bond acceptors (Lipinski definition) is 5. The van der Waals surface area contributed by atoms with Crippen molar-refractivity contribution in [1.29, 1.82) is 0 Å². The highest BCUT2D eigenvalue weighted by Gasteiger charge is 2.34. The van der Waals surface area contributed by atoms with Crippen LogP contribution < -0.4 is 11.3 Å². The van der Waals surface area contributed by atoms with Crippen LogP contribution in [-0.4, -0.2) is 54.6 Å². The molecule has 0 saturated carbocycles. The second kappa shape index (κ2) is 8.36. The van der Waals surface area contributed by atoms with Gasteiger partial charge in [0, 0.05) is 37.8 Å². The van der Waals surface area contributed by atoms with Crippen LogP contribution in [0.15, 0.2) is 48.5 Å². The van der Waals surface area contributed by atoms with Gasteiger partial charge in [0.1, 0.15) is 5.82 Å². The van der Waals surface area contributed by atoms with Crippen LogP contribution in [0.5, 0.6) is 0 Å². The quantitative estimate of drug-likeness (QED) is 0.466. The predicted octanol–water partition coefficient (Wildman–Crippen LogP) is 1.69. The van der Waals surface area contributed by atoms with E-state index in [1.165, 1.54) is 12.1 Å². The molecule has 2 aromatic rings. The average Bonchev–Trinajstić information content (AvgIpc) is 2.68. The van der Waals surface area contributed by atoms with Crippen LogP contribution in [0.4, 0.5) is 4.39 Å². The van der Waals surface area contributed by atoms with Crippen molar-refractivity contribution < 1.29 is 13.9 Å². The van der Waals surface area contributed by atoms with Crippen LogP contribution in [-0.2, 0) is 11.3 Å². The number of hydrogen-bond donors (Lipinski definition) is 2. The third-order valence-electron chi connectivity index (χ3n) is 5.65. The summed E-state index contributed by atoms with van der Waals surface area (Å²) < 4.78 is 18.8. The molecule has 0 radical (unpaired) electrons. The van der Waals surface area contributed by atoms with Gasteiger partial charge in [-0.3, -0.25) is 20.0 Å². The molecule has 28 heavy (non-hydrogen) atoms. The van der Waals surface area contributed by atoms with E-state index < -0.39 is 0 Å². The molecule has 2 aliphatic rings. The summed E-state index contributed by atoms with van der Waals surface area (Å²) in [5.74, 6) is 4.67. The minimum Gasteiger partial charge on any atom is -0.378 e. The molecule has 2 aromatic carbocycles. The minimum absolute atomic E-state index is 0.182. The summed E-state index contributed by atoms with van der Waals surface area (Å²) in [5, 5.41) is 0. The Morgan fingerprint density at radius 3 is 2.43 bits per heavy atom. The first-order valence-electron chi connectivity index (χ1n) is 9.55.